The van der Waals surface area contributed by atoms with Gasteiger partial charge in [0.1, 0.15) is 0 Å². The van der Waals surface area contributed by atoms with Crippen LogP contribution in [0, 0.1) is 5.92 Å². The van der Waals surface area contributed by atoms with Crippen LogP contribution >= 0.6 is 0 Å². The van der Waals surface area contributed by atoms with Crippen molar-refractivity contribution in [1.29, 1.82) is 0 Å². The van der Waals surface area contributed by atoms with Gasteiger partial charge in [-0.1, -0.05) is 18.2 Å². The topological polar surface area (TPSA) is 44.4 Å². The van der Waals surface area contributed by atoms with Gasteiger partial charge in [-0.25, -0.2) is 4.79 Å². The lowest BCUT2D eigenvalue weighted by molar-refractivity contribution is 0.186. The molecule has 2 amide bonds. The third-order valence-electron chi connectivity index (χ3n) is 3.84. The van der Waals surface area contributed by atoms with Crippen LogP contribution in [0.1, 0.15) is 18.4 Å². The molecule has 4 nitrogen and oxygen atoms in total. The number of amides is 2. The average molecular weight is 245 g/mol. The summed E-state index contributed by atoms with van der Waals surface area (Å²) < 4.78 is 0. The molecule has 2 aliphatic rings. The van der Waals surface area contributed by atoms with E-state index in [-0.39, 0.29) is 6.03 Å². The first kappa shape index (κ1) is 11.5. The summed E-state index contributed by atoms with van der Waals surface area (Å²) in [4.78, 5) is 14.0. The van der Waals surface area contributed by atoms with Crippen molar-refractivity contribution in [3.8, 4) is 0 Å². The maximum atomic E-state index is 12.0. The molecule has 4 heteroatoms. The zero-order valence-electron chi connectivity index (χ0n) is 10.5. The predicted octanol–water partition coefficient (Wildman–Crippen LogP) is 2.03. The molecule has 18 heavy (non-hydrogen) atoms. The molecular formula is C14H19N3O. The number of para-hydroxylation sites is 1. The summed E-state index contributed by atoms with van der Waals surface area (Å²) in [5.41, 5.74) is 2.18. The fourth-order valence-electron chi connectivity index (χ4n) is 2.78. The van der Waals surface area contributed by atoms with Crippen LogP contribution in [0.5, 0.6) is 0 Å². The van der Waals surface area contributed by atoms with Crippen LogP contribution < -0.4 is 10.6 Å². The Balaban J connectivity index is 1.68. The number of rotatable bonds is 2. The van der Waals surface area contributed by atoms with Crippen molar-refractivity contribution in [3.05, 3.63) is 29.8 Å². The zero-order chi connectivity index (χ0) is 12.4. The second-order valence-electron chi connectivity index (χ2n) is 5.16. The Labute approximate surface area is 107 Å². The van der Waals surface area contributed by atoms with Gasteiger partial charge in [0, 0.05) is 18.8 Å². The van der Waals surface area contributed by atoms with Crippen molar-refractivity contribution in [2.24, 2.45) is 5.92 Å². The number of urea groups is 1. The Bertz CT molecular complexity index is 440. The van der Waals surface area contributed by atoms with Crippen LogP contribution in [0.25, 0.3) is 0 Å². The van der Waals surface area contributed by atoms with Crippen molar-refractivity contribution in [2.75, 3.05) is 25.0 Å². The number of fused-ring (bicyclic) bond motifs is 1. The molecule has 0 atom stereocenters. The van der Waals surface area contributed by atoms with E-state index in [2.05, 4.69) is 16.7 Å². The molecule has 1 fully saturated rings. The number of hydrogen-bond donors (Lipinski definition) is 2. The van der Waals surface area contributed by atoms with Crippen molar-refractivity contribution < 1.29 is 4.79 Å². The maximum absolute atomic E-state index is 12.0. The van der Waals surface area contributed by atoms with Crippen LogP contribution in [-0.4, -0.2) is 30.6 Å². The summed E-state index contributed by atoms with van der Waals surface area (Å²) >= 11 is 0. The molecule has 0 aliphatic carbocycles. The summed E-state index contributed by atoms with van der Waals surface area (Å²) in [6.07, 6.45) is 2.34. The third kappa shape index (κ3) is 2.34. The molecule has 0 spiro atoms. The number of anilines is 1. The first-order chi connectivity index (χ1) is 8.83. The predicted molar refractivity (Wildman–Crippen MR) is 71.5 cm³/mol. The van der Waals surface area contributed by atoms with Crippen LogP contribution in [0.4, 0.5) is 10.5 Å². The summed E-state index contributed by atoms with van der Waals surface area (Å²) in [7, 11) is 0. The van der Waals surface area contributed by atoms with Gasteiger partial charge in [0.15, 0.2) is 0 Å². The third-order valence-corrected chi connectivity index (χ3v) is 3.84. The average Bonchev–Trinajstić information content (AvgIpc) is 2.41. The summed E-state index contributed by atoms with van der Waals surface area (Å²) in [6, 6.07) is 8.09. The van der Waals surface area contributed by atoms with Gasteiger partial charge in [-0.15, -0.1) is 0 Å². The Kier molecular flexibility index (Phi) is 3.19. The van der Waals surface area contributed by atoms with Gasteiger partial charge in [0.2, 0.25) is 0 Å². The van der Waals surface area contributed by atoms with E-state index in [0.29, 0.717) is 5.92 Å². The number of hydrogen-bond acceptors (Lipinski definition) is 2. The molecule has 2 aliphatic heterocycles. The molecular weight excluding hydrogens is 226 g/mol. The Morgan fingerprint density at radius 1 is 1.22 bits per heavy atom. The zero-order valence-corrected chi connectivity index (χ0v) is 10.5. The van der Waals surface area contributed by atoms with Crippen LogP contribution in [0.15, 0.2) is 24.3 Å². The highest BCUT2D eigenvalue weighted by molar-refractivity contribution is 5.92. The molecule has 0 unspecified atom stereocenters. The molecule has 3 rings (SSSR count). The molecule has 1 aromatic carbocycles. The van der Waals surface area contributed by atoms with Gasteiger partial charge in [-0.3, -0.25) is 0 Å². The number of piperidine rings is 1. The van der Waals surface area contributed by atoms with Gasteiger partial charge in [0.05, 0.1) is 0 Å². The van der Waals surface area contributed by atoms with Gasteiger partial charge >= 0.3 is 6.03 Å². The smallest absolute Gasteiger partial charge is 0.320 e. The number of carbonyl (C=O) groups is 1. The molecule has 1 saturated heterocycles. The van der Waals surface area contributed by atoms with E-state index in [1.807, 2.05) is 23.1 Å². The van der Waals surface area contributed by atoms with E-state index < -0.39 is 0 Å². The van der Waals surface area contributed by atoms with Crippen molar-refractivity contribution >= 4 is 11.7 Å². The fraction of sp³-hybridized carbons (Fsp3) is 0.500. The minimum absolute atomic E-state index is 0.0484. The van der Waals surface area contributed by atoms with E-state index in [1.54, 1.807) is 0 Å². The number of nitrogens with zero attached hydrogens (tertiary/aromatic N) is 1. The van der Waals surface area contributed by atoms with Crippen molar-refractivity contribution in [2.45, 2.75) is 19.4 Å². The molecule has 0 radical (unpaired) electrons. The molecule has 2 N–H and O–H groups in total. The van der Waals surface area contributed by atoms with Gasteiger partial charge in [-0.05, 0) is 43.5 Å². The molecule has 1 aromatic rings. The van der Waals surface area contributed by atoms with E-state index in [4.69, 9.17) is 0 Å². The lowest BCUT2D eigenvalue weighted by atomic mass is 9.97. The molecule has 96 valence electrons. The van der Waals surface area contributed by atoms with E-state index in [1.165, 1.54) is 18.4 Å². The molecule has 0 saturated carbocycles. The lowest BCUT2D eigenvalue weighted by Crippen LogP contribution is -2.43. The summed E-state index contributed by atoms with van der Waals surface area (Å²) in [6.45, 7) is 3.78. The quantitative estimate of drug-likeness (QED) is 0.837. The van der Waals surface area contributed by atoms with Gasteiger partial charge < -0.3 is 15.5 Å². The fourth-order valence-corrected chi connectivity index (χ4v) is 2.78. The largest absolute Gasteiger partial charge is 0.322 e. The van der Waals surface area contributed by atoms with Crippen LogP contribution in [0.3, 0.4) is 0 Å². The van der Waals surface area contributed by atoms with E-state index >= 15 is 0 Å². The van der Waals surface area contributed by atoms with Crippen LogP contribution in [-0.2, 0) is 6.54 Å². The van der Waals surface area contributed by atoms with E-state index in [0.717, 1.165) is 31.9 Å². The first-order valence-corrected chi connectivity index (χ1v) is 6.67. The highest BCUT2D eigenvalue weighted by atomic mass is 16.2. The minimum atomic E-state index is 0.0484. The number of carbonyl (C=O) groups excluding carboxylic acids is 1. The maximum Gasteiger partial charge on any atom is 0.322 e. The van der Waals surface area contributed by atoms with Gasteiger partial charge in [0.25, 0.3) is 0 Å². The Morgan fingerprint density at radius 3 is 2.83 bits per heavy atom. The normalized spacial score (nSPS) is 20.4. The SMILES string of the molecule is O=C1Nc2ccccc2CN1CC1CCNCC1. The lowest BCUT2D eigenvalue weighted by Gasteiger charge is -2.33. The number of nitrogens with one attached hydrogen (secondary N) is 2. The molecule has 0 bridgehead atoms. The van der Waals surface area contributed by atoms with Crippen molar-refractivity contribution in [1.82, 2.24) is 10.2 Å². The van der Waals surface area contributed by atoms with Gasteiger partial charge in [-0.2, -0.15) is 0 Å². The van der Waals surface area contributed by atoms with Crippen LogP contribution in [0.2, 0.25) is 0 Å². The Hall–Kier alpha value is -1.55. The molecule has 2 heterocycles. The minimum Gasteiger partial charge on any atom is -0.320 e. The highest BCUT2D eigenvalue weighted by Gasteiger charge is 2.25. The monoisotopic (exact) mass is 245 g/mol. The second kappa shape index (κ2) is 4.98. The highest BCUT2D eigenvalue weighted by Crippen LogP contribution is 2.24. The second-order valence-corrected chi connectivity index (χ2v) is 5.16. The molecule has 0 aromatic heterocycles. The van der Waals surface area contributed by atoms with Crippen molar-refractivity contribution in [3.63, 3.8) is 0 Å². The standard InChI is InChI=1S/C14H19N3O/c18-14-16-13-4-2-1-3-12(13)10-17(14)9-11-5-7-15-8-6-11/h1-4,11,15H,5-10H2,(H,16,18). The summed E-state index contributed by atoms with van der Waals surface area (Å²) in [5.74, 6) is 0.641. The van der Waals surface area contributed by atoms with E-state index in [9.17, 15) is 4.79 Å². The first-order valence-electron chi connectivity index (χ1n) is 6.67. The number of benzene rings is 1. The summed E-state index contributed by atoms with van der Waals surface area (Å²) in [5, 5.41) is 6.33. The Morgan fingerprint density at radius 2 is 2.00 bits per heavy atom.